The lowest BCUT2D eigenvalue weighted by Gasteiger charge is -2.05. The molecule has 3 aromatic rings. The maximum absolute atomic E-state index is 13.0. The van der Waals surface area contributed by atoms with Gasteiger partial charge < -0.3 is 9.72 Å². The number of aryl methyl sites for hydroxylation is 1. The molecule has 100 valence electrons. The molecule has 0 radical (unpaired) electrons. The Balaban J connectivity index is 2.09. The van der Waals surface area contributed by atoms with Crippen molar-refractivity contribution >= 4 is 17.9 Å². The average Bonchev–Trinajstić information content (AvgIpc) is 2.80. The maximum atomic E-state index is 13.0. The number of nitrogens with zero attached hydrogens (tertiary/aromatic N) is 3. The van der Waals surface area contributed by atoms with Gasteiger partial charge in [0.25, 0.3) is 0 Å². The number of rotatable bonds is 3. The largest absolute Gasteiger partial charge is 0.312 e. The van der Waals surface area contributed by atoms with Crippen molar-refractivity contribution in [3.8, 4) is 11.1 Å². The van der Waals surface area contributed by atoms with Gasteiger partial charge in [0.2, 0.25) is 12.4 Å². The number of halogens is 1. The van der Waals surface area contributed by atoms with Gasteiger partial charge in [0.1, 0.15) is 5.65 Å². The van der Waals surface area contributed by atoms with Gasteiger partial charge in [0.15, 0.2) is 5.82 Å². The standard InChI is InChI=1S/C14H11FN4O/c1-9-4-12(15)16-5-11(9)10-2-3-14-18-13(17-8-20)7-19(14)6-10/h2-8H,1H3,(H,17,20). The number of fused-ring (bicyclic) bond motifs is 1. The topological polar surface area (TPSA) is 59.3 Å². The number of hydrogen-bond acceptors (Lipinski definition) is 3. The number of nitrogens with one attached hydrogen (secondary N) is 1. The lowest BCUT2D eigenvalue weighted by atomic mass is 10.1. The molecule has 3 aromatic heterocycles. The summed E-state index contributed by atoms with van der Waals surface area (Å²) in [6, 6.07) is 5.11. The van der Waals surface area contributed by atoms with Crippen molar-refractivity contribution < 1.29 is 9.18 Å². The van der Waals surface area contributed by atoms with Crippen LogP contribution >= 0.6 is 0 Å². The first-order valence-electron chi connectivity index (χ1n) is 5.99. The quantitative estimate of drug-likeness (QED) is 0.587. The summed E-state index contributed by atoms with van der Waals surface area (Å²) in [5.74, 6) is -0.0152. The number of pyridine rings is 2. The first-order valence-corrected chi connectivity index (χ1v) is 5.99. The van der Waals surface area contributed by atoms with Crippen LogP contribution in [0.5, 0.6) is 0 Å². The second kappa shape index (κ2) is 4.73. The molecule has 0 aliphatic carbocycles. The zero-order chi connectivity index (χ0) is 14.1. The Bertz CT molecular complexity index is 797. The van der Waals surface area contributed by atoms with Crippen LogP contribution in [0.25, 0.3) is 16.8 Å². The van der Waals surface area contributed by atoms with Gasteiger partial charge in [-0.05, 0) is 30.7 Å². The molecule has 6 heteroatoms. The molecule has 0 fully saturated rings. The highest BCUT2D eigenvalue weighted by Crippen LogP contribution is 2.23. The third-order valence-corrected chi connectivity index (χ3v) is 3.05. The van der Waals surface area contributed by atoms with E-state index >= 15 is 0 Å². The van der Waals surface area contributed by atoms with Gasteiger partial charge in [-0.1, -0.05) is 0 Å². The van der Waals surface area contributed by atoms with E-state index in [1.165, 1.54) is 12.3 Å². The zero-order valence-corrected chi connectivity index (χ0v) is 10.7. The molecule has 0 aliphatic rings. The molecule has 1 N–H and O–H groups in total. The van der Waals surface area contributed by atoms with Crippen molar-refractivity contribution in [2.75, 3.05) is 5.32 Å². The van der Waals surface area contributed by atoms with E-state index in [1.54, 1.807) is 10.6 Å². The number of imidazole rings is 1. The van der Waals surface area contributed by atoms with Crippen LogP contribution in [-0.2, 0) is 4.79 Å². The van der Waals surface area contributed by atoms with E-state index in [0.717, 1.165) is 16.7 Å². The predicted molar refractivity (Wildman–Crippen MR) is 72.8 cm³/mol. The molecule has 1 amide bonds. The molecule has 3 heterocycles. The molecular weight excluding hydrogens is 259 g/mol. The Morgan fingerprint density at radius 1 is 1.35 bits per heavy atom. The van der Waals surface area contributed by atoms with E-state index in [1.807, 2.05) is 25.3 Å². The molecule has 20 heavy (non-hydrogen) atoms. The molecule has 0 saturated heterocycles. The summed E-state index contributed by atoms with van der Waals surface area (Å²) < 4.78 is 14.8. The number of carbonyl (C=O) groups excluding carboxylic acids is 1. The van der Waals surface area contributed by atoms with E-state index < -0.39 is 5.95 Å². The third-order valence-electron chi connectivity index (χ3n) is 3.05. The van der Waals surface area contributed by atoms with Crippen LogP contribution in [0.4, 0.5) is 10.2 Å². The zero-order valence-electron chi connectivity index (χ0n) is 10.7. The van der Waals surface area contributed by atoms with E-state index in [4.69, 9.17) is 0 Å². The molecule has 5 nitrogen and oxygen atoms in total. The molecule has 0 atom stereocenters. The van der Waals surface area contributed by atoms with Crippen LogP contribution in [0.3, 0.4) is 0 Å². The second-order valence-electron chi connectivity index (χ2n) is 4.39. The van der Waals surface area contributed by atoms with E-state index in [2.05, 4.69) is 15.3 Å². The molecule has 3 rings (SSSR count). The van der Waals surface area contributed by atoms with Crippen molar-refractivity contribution in [3.63, 3.8) is 0 Å². The average molecular weight is 270 g/mol. The summed E-state index contributed by atoms with van der Waals surface area (Å²) in [6.45, 7) is 1.83. The van der Waals surface area contributed by atoms with Gasteiger partial charge in [0, 0.05) is 23.5 Å². The number of amides is 1. The van der Waals surface area contributed by atoms with E-state index in [0.29, 0.717) is 17.9 Å². The van der Waals surface area contributed by atoms with Crippen LogP contribution in [0.1, 0.15) is 5.56 Å². The van der Waals surface area contributed by atoms with Crippen LogP contribution in [0.2, 0.25) is 0 Å². The minimum absolute atomic E-state index is 0.478. The third kappa shape index (κ3) is 2.11. The van der Waals surface area contributed by atoms with Crippen molar-refractivity contribution in [1.29, 1.82) is 0 Å². The summed E-state index contributed by atoms with van der Waals surface area (Å²) >= 11 is 0. The summed E-state index contributed by atoms with van der Waals surface area (Å²) in [7, 11) is 0. The fraction of sp³-hybridized carbons (Fsp3) is 0.0714. The van der Waals surface area contributed by atoms with Gasteiger partial charge in [-0.25, -0.2) is 9.97 Å². The van der Waals surface area contributed by atoms with Gasteiger partial charge in [-0.15, -0.1) is 0 Å². The fourth-order valence-electron chi connectivity index (χ4n) is 2.10. The van der Waals surface area contributed by atoms with Crippen LogP contribution in [0, 0.1) is 12.9 Å². The summed E-state index contributed by atoms with van der Waals surface area (Å²) in [6.07, 6.45) is 5.66. The van der Waals surface area contributed by atoms with Gasteiger partial charge in [-0.3, -0.25) is 4.79 Å². The normalized spacial score (nSPS) is 10.7. The monoisotopic (exact) mass is 270 g/mol. The minimum atomic E-state index is -0.493. The SMILES string of the molecule is Cc1cc(F)ncc1-c1ccc2nc(NC=O)cn2c1. The molecule has 0 unspecified atom stereocenters. The van der Waals surface area contributed by atoms with Crippen molar-refractivity contribution in [3.05, 3.63) is 48.3 Å². The highest BCUT2D eigenvalue weighted by atomic mass is 19.1. The Kier molecular flexibility index (Phi) is 2.90. The molecule has 0 saturated carbocycles. The van der Waals surface area contributed by atoms with Gasteiger partial charge in [-0.2, -0.15) is 4.39 Å². The number of aromatic nitrogens is 3. The van der Waals surface area contributed by atoms with Crippen LogP contribution in [0.15, 0.2) is 36.8 Å². The lowest BCUT2D eigenvalue weighted by Crippen LogP contribution is -1.92. The first-order chi connectivity index (χ1) is 9.67. The number of hydrogen-bond donors (Lipinski definition) is 1. The number of carbonyl (C=O) groups is 1. The Morgan fingerprint density at radius 3 is 2.95 bits per heavy atom. The predicted octanol–water partition coefficient (Wildman–Crippen LogP) is 2.41. The van der Waals surface area contributed by atoms with Gasteiger partial charge in [0.05, 0.1) is 6.20 Å². The number of anilines is 1. The maximum Gasteiger partial charge on any atom is 0.213 e. The summed E-state index contributed by atoms with van der Waals surface area (Å²) in [5.41, 5.74) is 3.28. The van der Waals surface area contributed by atoms with Crippen molar-refractivity contribution in [2.24, 2.45) is 0 Å². The lowest BCUT2D eigenvalue weighted by molar-refractivity contribution is -0.105. The van der Waals surface area contributed by atoms with Crippen molar-refractivity contribution in [1.82, 2.24) is 14.4 Å². The molecule has 0 spiro atoms. The Labute approximate surface area is 114 Å². The van der Waals surface area contributed by atoms with E-state index in [-0.39, 0.29) is 0 Å². The Morgan fingerprint density at radius 2 is 2.20 bits per heavy atom. The first kappa shape index (κ1) is 12.3. The molecule has 0 aromatic carbocycles. The molecule has 0 bridgehead atoms. The summed E-state index contributed by atoms with van der Waals surface area (Å²) in [5, 5.41) is 2.50. The minimum Gasteiger partial charge on any atom is -0.312 e. The van der Waals surface area contributed by atoms with Gasteiger partial charge >= 0.3 is 0 Å². The smallest absolute Gasteiger partial charge is 0.213 e. The van der Waals surface area contributed by atoms with Crippen molar-refractivity contribution in [2.45, 2.75) is 6.92 Å². The Hall–Kier alpha value is -2.76. The fourth-order valence-corrected chi connectivity index (χ4v) is 2.10. The second-order valence-corrected chi connectivity index (χ2v) is 4.39. The van der Waals surface area contributed by atoms with E-state index in [9.17, 15) is 9.18 Å². The highest BCUT2D eigenvalue weighted by Gasteiger charge is 2.07. The van der Waals surface area contributed by atoms with Crippen LogP contribution < -0.4 is 5.32 Å². The molecule has 0 aliphatic heterocycles. The van der Waals surface area contributed by atoms with Crippen LogP contribution in [-0.4, -0.2) is 20.8 Å². The molecular formula is C14H11FN4O. The highest BCUT2D eigenvalue weighted by molar-refractivity contribution is 5.71. The summed E-state index contributed by atoms with van der Waals surface area (Å²) in [4.78, 5) is 18.3.